The standard InChI is InChI=1S/C28H30FNO3/c29-25-13-11-21(12-14-25)26(31)10-5-17-30-18-15-28(33,16-19-30)24-9-4-8-23(20-24)27(32)22-6-2-1-3-7-22/h1-4,6-9,11-14,20,27,32-33H,5,10,15-19H2. The van der Waals surface area contributed by atoms with Crippen LogP contribution in [0, 0.1) is 5.82 Å². The number of ketones is 1. The van der Waals surface area contributed by atoms with Gasteiger partial charge in [-0.1, -0.05) is 48.5 Å². The lowest BCUT2D eigenvalue weighted by molar-refractivity contribution is -0.0261. The van der Waals surface area contributed by atoms with E-state index in [1.165, 1.54) is 24.3 Å². The highest BCUT2D eigenvalue weighted by atomic mass is 19.1. The maximum atomic E-state index is 13.0. The second kappa shape index (κ2) is 10.4. The van der Waals surface area contributed by atoms with Gasteiger partial charge < -0.3 is 15.1 Å². The molecular formula is C28H30FNO3. The van der Waals surface area contributed by atoms with E-state index in [0.29, 0.717) is 24.8 Å². The van der Waals surface area contributed by atoms with E-state index in [2.05, 4.69) is 4.90 Å². The molecule has 172 valence electrons. The fourth-order valence-electron chi connectivity index (χ4n) is 4.50. The average Bonchev–Trinajstić information content (AvgIpc) is 2.86. The Balaban J connectivity index is 1.30. The van der Waals surface area contributed by atoms with Gasteiger partial charge in [0.1, 0.15) is 11.9 Å². The SMILES string of the molecule is O=C(CCCN1CCC(O)(c2cccc(C(O)c3ccccc3)c2)CC1)c1ccc(F)cc1. The Morgan fingerprint density at radius 2 is 1.61 bits per heavy atom. The minimum atomic E-state index is -0.924. The molecule has 1 aliphatic heterocycles. The lowest BCUT2D eigenvalue weighted by Crippen LogP contribution is -2.43. The highest BCUT2D eigenvalue weighted by molar-refractivity contribution is 5.95. The second-order valence-electron chi connectivity index (χ2n) is 8.85. The fourth-order valence-corrected chi connectivity index (χ4v) is 4.50. The van der Waals surface area contributed by atoms with Crippen LogP contribution in [0.5, 0.6) is 0 Å². The summed E-state index contributed by atoms with van der Waals surface area (Å²) in [4.78, 5) is 14.5. The van der Waals surface area contributed by atoms with Crippen molar-refractivity contribution in [3.8, 4) is 0 Å². The van der Waals surface area contributed by atoms with Gasteiger partial charge in [0.15, 0.2) is 5.78 Å². The Kier molecular flexibility index (Phi) is 7.33. The topological polar surface area (TPSA) is 60.8 Å². The maximum Gasteiger partial charge on any atom is 0.162 e. The molecule has 33 heavy (non-hydrogen) atoms. The first-order valence-electron chi connectivity index (χ1n) is 11.5. The number of hydrogen-bond donors (Lipinski definition) is 2. The molecule has 0 aliphatic carbocycles. The van der Waals surface area contributed by atoms with Crippen molar-refractivity contribution >= 4 is 5.78 Å². The third-order valence-electron chi connectivity index (χ3n) is 6.58. The number of carbonyl (C=O) groups is 1. The molecule has 4 nitrogen and oxygen atoms in total. The van der Waals surface area contributed by atoms with Gasteiger partial charge >= 0.3 is 0 Å². The Morgan fingerprint density at radius 3 is 2.30 bits per heavy atom. The van der Waals surface area contributed by atoms with E-state index in [4.69, 9.17) is 0 Å². The van der Waals surface area contributed by atoms with Crippen LogP contribution in [0.4, 0.5) is 4.39 Å². The van der Waals surface area contributed by atoms with Gasteiger partial charge in [0.05, 0.1) is 5.60 Å². The van der Waals surface area contributed by atoms with Crippen LogP contribution >= 0.6 is 0 Å². The molecule has 1 unspecified atom stereocenters. The van der Waals surface area contributed by atoms with Gasteiger partial charge in [-0.05, 0) is 72.8 Å². The number of likely N-dealkylation sites (tertiary alicyclic amines) is 1. The minimum Gasteiger partial charge on any atom is -0.385 e. The molecular weight excluding hydrogens is 417 g/mol. The maximum absolute atomic E-state index is 13.0. The number of halogens is 1. The largest absolute Gasteiger partial charge is 0.385 e. The first-order chi connectivity index (χ1) is 15.9. The predicted octanol–water partition coefficient (Wildman–Crippen LogP) is 4.85. The van der Waals surface area contributed by atoms with E-state index in [1.807, 2.05) is 54.6 Å². The quantitative estimate of drug-likeness (QED) is 0.485. The summed E-state index contributed by atoms with van der Waals surface area (Å²) < 4.78 is 13.0. The Hall–Kier alpha value is -2.86. The summed E-state index contributed by atoms with van der Waals surface area (Å²) in [5, 5.41) is 22.1. The minimum absolute atomic E-state index is 0.0253. The highest BCUT2D eigenvalue weighted by Crippen LogP contribution is 2.35. The zero-order valence-electron chi connectivity index (χ0n) is 18.7. The van der Waals surface area contributed by atoms with E-state index in [-0.39, 0.29) is 11.6 Å². The monoisotopic (exact) mass is 447 g/mol. The molecule has 1 aliphatic rings. The number of aliphatic hydroxyl groups excluding tert-OH is 1. The molecule has 0 saturated carbocycles. The molecule has 0 bridgehead atoms. The van der Waals surface area contributed by atoms with Gasteiger partial charge in [0.25, 0.3) is 0 Å². The molecule has 3 aromatic rings. The van der Waals surface area contributed by atoms with E-state index >= 15 is 0 Å². The number of carbonyl (C=O) groups excluding carboxylic acids is 1. The van der Waals surface area contributed by atoms with Crippen LogP contribution in [0.25, 0.3) is 0 Å². The average molecular weight is 448 g/mol. The van der Waals surface area contributed by atoms with E-state index in [9.17, 15) is 19.4 Å². The predicted molar refractivity (Wildman–Crippen MR) is 126 cm³/mol. The van der Waals surface area contributed by atoms with Crippen molar-refractivity contribution in [3.05, 3.63) is 107 Å². The molecule has 2 N–H and O–H groups in total. The summed E-state index contributed by atoms with van der Waals surface area (Å²) in [6.07, 6.45) is 1.63. The lowest BCUT2D eigenvalue weighted by atomic mass is 9.83. The van der Waals surface area contributed by atoms with Gasteiger partial charge in [-0.25, -0.2) is 4.39 Å². The normalized spacial score (nSPS) is 16.9. The van der Waals surface area contributed by atoms with Gasteiger partial charge in [-0.15, -0.1) is 0 Å². The molecule has 4 rings (SSSR count). The van der Waals surface area contributed by atoms with Crippen LogP contribution in [0.1, 0.15) is 58.8 Å². The van der Waals surface area contributed by atoms with Crippen LogP contribution in [0.15, 0.2) is 78.9 Å². The van der Waals surface area contributed by atoms with Crippen molar-refractivity contribution in [1.29, 1.82) is 0 Å². The van der Waals surface area contributed by atoms with Crippen molar-refractivity contribution in [2.24, 2.45) is 0 Å². The molecule has 1 saturated heterocycles. The van der Waals surface area contributed by atoms with Crippen molar-refractivity contribution in [1.82, 2.24) is 4.90 Å². The first-order valence-corrected chi connectivity index (χ1v) is 11.5. The van der Waals surface area contributed by atoms with Gasteiger partial charge in [0.2, 0.25) is 0 Å². The van der Waals surface area contributed by atoms with Crippen molar-refractivity contribution in [3.63, 3.8) is 0 Å². The third-order valence-corrected chi connectivity index (χ3v) is 6.58. The smallest absolute Gasteiger partial charge is 0.162 e. The summed E-state index contributed by atoms with van der Waals surface area (Å²) in [5.74, 6) is -0.315. The van der Waals surface area contributed by atoms with Crippen molar-refractivity contribution in [2.45, 2.75) is 37.4 Å². The molecule has 1 fully saturated rings. The lowest BCUT2D eigenvalue weighted by Gasteiger charge is -2.38. The van der Waals surface area contributed by atoms with Crippen LogP contribution < -0.4 is 0 Å². The summed E-state index contributed by atoms with van der Waals surface area (Å²) in [6, 6.07) is 22.8. The van der Waals surface area contributed by atoms with Crippen molar-refractivity contribution < 1.29 is 19.4 Å². The Morgan fingerprint density at radius 1 is 0.939 bits per heavy atom. The molecule has 0 aromatic heterocycles. The van der Waals surface area contributed by atoms with E-state index < -0.39 is 11.7 Å². The summed E-state index contributed by atoms with van der Waals surface area (Å²) in [5.41, 5.74) is 2.05. The molecule has 0 amide bonds. The van der Waals surface area contributed by atoms with Crippen molar-refractivity contribution in [2.75, 3.05) is 19.6 Å². The summed E-state index contributed by atoms with van der Waals surface area (Å²) in [7, 11) is 0. The van der Waals surface area contributed by atoms with Crippen LogP contribution in [-0.2, 0) is 5.60 Å². The van der Waals surface area contributed by atoms with Crippen LogP contribution in [0.3, 0.4) is 0 Å². The Bertz CT molecular complexity index is 1060. The molecule has 0 radical (unpaired) electrons. The van der Waals surface area contributed by atoms with Crippen LogP contribution in [0.2, 0.25) is 0 Å². The number of Topliss-reactive ketones (excluding diaryl/α,β-unsaturated/α-hetero) is 1. The Labute approximate surface area is 194 Å². The number of piperidine rings is 1. The fraction of sp³-hybridized carbons (Fsp3) is 0.321. The van der Waals surface area contributed by atoms with Gasteiger partial charge in [0, 0.05) is 25.1 Å². The number of nitrogens with zero attached hydrogens (tertiary/aromatic N) is 1. The summed E-state index contributed by atoms with van der Waals surface area (Å²) in [6.45, 7) is 2.27. The molecule has 5 heteroatoms. The summed E-state index contributed by atoms with van der Waals surface area (Å²) >= 11 is 0. The number of aliphatic hydroxyl groups is 2. The molecule has 1 heterocycles. The number of benzene rings is 3. The first kappa shape index (κ1) is 23.3. The van der Waals surface area contributed by atoms with Crippen LogP contribution in [-0.4, -0.2) is 40.5 Å². The van der Waals surface area contributed by atoms with E-state index in [1.54, 1.807) is 0 Å². The second-order valence-corrected chi connectivity index (χ2v) is 8.85. The highest BCUT2D eigenvalue weighted by Gasteiger charge is 2.34. The van der Waals surface area contributed by atoms with Gasteiger partial charge in [-0.2, -0.15) is 0 Å². The number of rotatable bonds is 8. The molecule has 1 atom stereocenters. The molecule has 3 aromatic carbocycles. The number of hydrogen-bond acceptors (Lipinski definition) is 4. The zero-order chi connectivity index (χ0) is 23.3. The van der Waals surface area contributed by atoms with Gasteiger partial charge in [-0.3, -0.25) is 4.79 Å². The zero-order valence-corrected chi connectivity index (χ0v) is 18.7. The molecule has 0 spiro atoms. The third kappa shape index (κ3) is 5.74. The van der Waals surface area contributed by atoms with E-state index in [0.717, 1.165) is 42.7 Å².